The summed E-state index contributed by atoms with van der Waals surface area (Å²) in [4.78, 5) is 22.0. The van der Waals surface area contributed by atoms with Gasteiger partial charge in [-0.2, -0.15) is 5.26 Å². The molecule has 170 valence electrons. The summed E-state index contributed by atoms with van der Waals surface area (Å²) in [5.41, 5.74) is 3.97. The molecule has 2 aliphatic rings. The van der Waals surface area contributed by atoms with Crippen LogP contribution < -0.4 is 14.4 Å². The molecule has 4 heterocycles. The zero-order chi connectivity index (χ0) is 23.2. The number of anilines is 1. The molecule has 2 aromatic heterocycles. The van der Waals surface area contributed by atoms with Crippen molar-refractivity contribution in [2.75, 3.05) is 37.7 Å². The average molecular weight is 454 g/mol. The third-order valence-electron chi connectivity index (χ3n) is 6.56. The topological polar surface area (TPSA) is 83.1 Å². The second-order valence-electron chi connectivity index (χ2n) is 8.61. The number of amides is 1. The number of rotatable bonds is 2. The Labute approximate surface area is 196 Å². The summed E-state index contributed by atoms with van der Waals surface area (Å²) in [5.74, 6) is 2.21. The van der Waals surface area contributed by atoms with Crippen LogP contribution in [0.15, 0.2) is 54.6 Å². The highest BCUT2D eigenvalue weighted by molar-refractivity contribution is 5.85. The second-order valence-corrected chi connectivity index (χ2v) is 8.61. The van der Waals surface area contributed by atoms with Crippen LogP contribution in [0.1, 0.15) is 11.1 Å². The van der Waals surface area contributed by atoms with Crippen molar-refractivity contribution in [3.05, 3.63) is 65.7 Å². The molecule has 1 fully saturated rings. The number of nitriles is 1. The first-order chi connectivity index (χ1) is 16.6. The molecule has 0 bridgehead atoms. The van der Waals surface area contributed by atoms with E-state index in [1.165, 1.54) is 0 Å². The van der Waals surface area contributed by atoms with E-state index in [9.17, 15) is 10.1 Å². The number of hydrogen-bond acceptors (Lipinski definition) is 6. The summed E-state index contributed by atoms with van der Waals surface area (Å²) in [5, 5.41) is 9.74. The molecule has 1 amide bonds. The van der Waals surface area contributed by atoms with E-state index in [0.29, 0.717) is 48.9 Å². The molecule has 0 N–H and O–H groups in total. The van der Waals surface area contributed by atoms with Crippen LogP contribution in [0.3, 0.4) is 0 Å². The fraction of sp³-hybridized carbons (Fsp3) is 0.269. The van der Waals surface area contributed by atoms with E-state index in [2.05, 4.69) is 15.4 Å². The molecule has 34 heavy (non-hydrogen) atoms. The number of carbonyl (C=O) groups is 1. The fourth-order valence-electron chi connectivity index (χ4n) is 4.80. The number of nitrogens with zero attached hydrogens (tertiary/aromatic N) is 5. The molecule has 0 radical (unpaired) electrons. The maximum Gasteiger partial charge on any atom is 0.267 e. The van der Waals surface area contributed by atoms with E-state index in [1.807, 2.05) is 66.4 Å². The highest BCUT2D eigenvalue weighted by Gasteiger charge is 2.33. The first kappa shape index (κ1) is 20.4. The van der Waals surface area contributed by atoms with E-state index >= 15 is 0 Å². The van der Waals surface area contributed by atoms with Gasteiger partial charge in [-0.3, -0.25) is 9.20 Å². The van der Waals surface area contributed by atoms with Crippen LogP contribution in [-0.2, 0) is 4.79 Å². The van der Waals surface area contributed by atoms with Crippen LogP contribution in [-0.4, -0.2) is 59.1 Å². The van der Waals surface area contributed by atoms with Crippen LogP contribution in [0.5, 0.6) is 11.5 Å². The Morgan fingerprint density at radius 2 is 1.79 bits per heavy atom. The van der Waals surface area contributed by atoms with Crippen molar-refractivity contribution in [3.8, 4) is 17.6 Å². The number of pyridine rings is 1. The SMILES string of the molecule is Cc1cc(N2CCN(C(=O)C3COc4ccccc4O3)CC2)n2c(nc3ccccc32)c1C#N. The molecule has 0 aliphatic carbocycles. The van der Waals surface area contributed by atoms with Crippen LogP contribution in [0.2, 0.25) is 0 Å². The molecule has 1 saturated heterocycles. The predicted molar refractivity (Wildman–Crippen MR) is 127 cm³/mol. The quantitative estimate of drug-likeness (QED) is 0.464. The Kier molecular flexibility index (Phi) is 4.77. The van der Waals surface area contributed by atoms with Crippen LogP contribution in [0.4, 0.5) is 5.82 Å². The Bertz CT molecular complexity index is 1460. The summed E-state index contributed by atoms with van der Waals surface area (Å²) in [6, 6.07) is 19.7. The van der Waals surface area contributed by atoms with Crippen molar-refractivity contribution in [1.29, 1.82) is 5.26 Å². The minimum atomic E-state index is -0.636. The molecule has 2 aliphatic heterocycles. The number of benzene rings is 2. The number of fused-ring (bicyclic) bond motifs is 4. The van der Waals surface area contributed by atoms with Gasteiger partial charge in [-0.25, -0.2) is 4.98 Å². The van der Waals surface area contributed by atoms with Crippen LogP contribution in [0, 0.1) is 18.3 Å². The van der Waals surface area contributed by atoms with E-state index in [1.54, 1.807) is 0 Å². The van der Waals surface area contributed by atoms with Gasteiger partial charge < -0.3 is 19.3 Å². The number of imidazole rings is 1. The van der Waals surface area contributed by atoms with Gasteiger partial charge in [0.2, 0.25) is 6.10 Å². The highest BCUT2D eigenvalue weighted by atomic mass is 16.6. The fourth-order valence-corrected chi connectivity index (χ4v) is 4.80. The third-order valence-corrected chi connectivity index (χ3v) is 6.56. The van der Waals surface area contributed by atoms with Gasteiger partial charge in [-0.15, -0.1) is 0 Å². The lowest BCUT2D eigenvalue weighted by atomic mass is 10.1. The lowest BCUT2D eigenvalue weighted by Crippen LogP contribution is -2.54. The Morgan fingerprint density at radius 1 is 1.06 bits per heavy atom. The van der Waals surface area contributed by atoms with Gasteiger partial charge in [-0.1, -0.05) is 24.3 Å². The zero-order valence-electron chi connectivity index (χ0n) is 18.8. The van der Waals surface area contributed by atoms with Gasteiger partial charge in [0.05, 0.1) is 16.6 Å². The van der Waals surface area contributed by atoms with Crippen molar-refractivity contribution in [3.63, 3.8) is 0 Å². The average Bonchev–Trinajstić information content (AvgIpc) is 3.27. The molecule has 1 unspecified atom stereocenters. The lowest BCUT2D eigenvalue weighted by molar-refractivity contribution is -0.141. The van der Waals surface area contributed by atoms with Crippen molar-refractivity contribution in [2.45, 2.75) is 13.0 Å². The zero-order valence-corrected chi connectivity index (χ0v) is 18.8. The van der Waals surface area contributed by atoms with Crippen molar-refractivity contribution in [2.24, 2.45) is 0 Å². The Balaban J connectivity index is 1.25. The maximum atomic E-state index is 13.1. The van der Waals surface area contributed by atoms with E-state index in [0.717, 1.165) is 22.4 Å². The van der Waals surface area contributed by atoms with Gasteiger partial charge >= 0.3 is 0 Å². The molecule has 0 saturated carbocycles. The number of hydrogen-bond donors (Lipinski definition) is 0. The van der Waals surface area contributed by atoms with Crippen molar-refractivity contribution >= 4 is 28.4 Å². The number of carbonyl (C=O) groups excluding carboxylic acids is 1. The van der Waals surface area contributed by atoms with Crippen LogP contribution in [0.25, 0.3) is 16.7 Å². The summed E-state index contributed by atoms with van der Waals surface area (Å²) >= 11 is 0. The second kappa shape index (κ2) is 7.96. The minimum Gasteiger partial charge on any atom is -0.485 e. The van der Waals surface area contributed by atoms with E-state index < -0.39 is 6.10 Å². The lowest BCUT2D eigenvalue weighted by Gasteiger charge is -2.38. The molecule has 0 spiro atoms. The molecular weight excluding hydrogens is 430 g/mol. The summed E-state index contributed by atoms with van der Waals surface area (Å²) in [6.45, 7) is 4.65. The maximum absolute atomic E-state index is 13.1. The summed E-state index contributed by atoms with van der Waals surface area (Å²) < 4.78 is 13.7. The van der Waals surface area contributed by atoms with Crippen molar-refractivity contribution < 1.29 is 14.3 Å². The normalized spacial score (nSPS) is 17.7. The monoisotopic (exact) mass is 453 g/mol. The van der Waals surface area contributed by atoms with Gasteiger partial charge in [0.25, 0.3) is 5.91 Å². The van der Waals surface area contributed by atoms with Gasteiger partial charge in [0.15, 0.2) is 17.1 Å². The first-order valence-corrected chi connectivity index (χ1v) is 11.4. The van der Waals surface area contributed by atoms with Gasteiger partial charge in [0, 0.05) is 26.2 Å². The molecule has 6 rings (SSSR count). The van der Waals surface area contributed by atoms with E-state index in [4.69, 9.17) is 14.5 Å². The Hall–Kier alpha value is -4.25. The van der Waals surface area contributed by atoms with Gasteiger partial charge in [0.1, 0.15) is 18.5 Å². The number of para-hydroxylation sites is 4. The smallest absolute Gasteiger partial charge is 0.267 e. The number of ether oxygens (including phenoxy) is 2. The molecule has 1 atom stereocenters. The summed E-state index contributed by atoms with van der Waals surface area (Å²) in [7, 11) is 0. The number of piperazine rings is 1. The minimum absolute atomic E-state index is 0.0524. The van der Waals surface area contributed by atoms with Gasteiger partial charge in [-0.05, 0) is 42.8 Å². The molecule has 4 aromatic rings. The number of aryl methyl sites for hydroxylation is 1. The standard InChI is InChI=1S/C26H23N5O3/c1-17-14-24(31-20-7-3-2-6-19(20)28-25(31)18(17)15-27)29-10-12-30(13-11-29)26(32)23-16-33-21-8-4-5-9-22(21)34-23/h2-9,14,23H,10-13,16H2,1H3. The molecule has 8 nitrogen and oxygen atoms in total. The summed E-state index contributed by atoms with van der Waals surface area (Å²) in [6.07, 6.45) is -0.636. The predicted octanol–water partition coefficient (Wildman–Crippen LogP) is 3.16. The number of aromatic nitrogens is 2. The largest absolute Gasteiger partial charge is 0.485 e. The Morgan fingerprint density at radius 3 is 2.59 bits per heavy atom. The first-order valence-electron chi connectivity index (χ1n) is 11.4. The van der Waals surface area contributed by atoms with E-state index in [-0.39, 0.29) is 12.5 Å². The van der Waals surface area contributed by atoms with Crippen LogP contribution >= 0.6 is 0 Å². The molecular formula is C26H23N5O3. The third kappa shape index (κ3) is 3.20. The molecule has 8 heteroatoms. The van der Waals surface area contributed by atoms with Crippen molar-refractivity contribution in [1.82, 2.24) is 14.3 Å². The highest BCUT2D eigenvalue weighted by Crippen LogP contribution is 2.32. The molecule has 2 aromatic carbocycles.